The van der Waals surface area contributed by atoms with Gasteiger partial charge in [-0.3, -0.25) is 9.11 Å². The maximum Gasteiger partial charge on any atom is 0.394 e. The molecule has 0 aromatic heterocycles. The molecule has 0 radical (unpaired) electrons. The molecule has 0 aliphatic carbocycles. The third-order valence-corrected chi connectivity index (χ3v) is 0.534. The number of hydrogen-bond acceptors (Lipinski definition) is 4. The number of ether oxygens (including phenoxy) is 1. The Bertz CT molecular complexity index is 280. The lowest BCUT2D eigenvalue weighted by atomic mass is 10.3. The first kappa shape index (κ1) is 20.5. The summed E-state index contributed by atoms with van der Waals surface area (Å²) in [7, 11) is -3.34. The molecule has 0 aromatic rings. The summed E-state index contributed by atoms with van der Waals surface area (Å²) in [5.74, 6) is 0.486. The summed E-state index contributed by atoms with van der Waals surface area (Å²) < 4.78 is 35.9. The minimum absolute atomic E-state index is 0.347. The fraction of sp³-hybridized carbons (Fsp3) is 0.667. The first-order valence-electron chi connectivity index (χ1n) is 4.35. The lowest BCUT2D eigenvalue weighted by Gasteiger charge is -1.91. The Morgan fingerprint density at radius 1 is 1.25 bits per heavy atom. The highest BCUT2D eigenvalue weighted by Gasteiger charge is 1.95. The largest absolute Gasteiger partial charge is 0.466 e. The highest BCUT2D eigenvalue weighted by atomic mass is 32.3. The number of hydrogen-bond donors (Lipinski definition) is 2. The number of methoxy groups -OCH3 is 1. The second-order valence-electron chi connectivity index (χ2n) is 3.45. The Morgan fingerprint density at radius 3 is 1.44 bits per heavy atom. The van der Waals surface area contributed by atoms with Crippen LogP contribution in [-0.2, 0) is 19.9 Å². The zero-order valence-corrected chi connectivity index (χ0v) is 11.0. The fourth-order valence-electron chi connectivity index (χ4n) is 0.174. The molecule has 0 atom stereocenters. The van der Waals surface area contributed by atoms with Crippen molar-refractivity contribution in [3.8, 4) is 0 Å². The van der Waals surface area contributed by atoms with Crippen molar-refractivity contribution in [3.63, 3.8) is 0 Å². The Morgan fingerprint density at radius 2 is 1.44 bits per heavy atom. The van der Waals surface area contributed by atoms with Crippen LogP contribution in [0.25, 0.3) is 0 Å². The lowest BCUT2D eigenvalue weighted by molar-refractivity contribution is -0.136. The predicted octanol–water partition coefficient (Wildman–Crippen LogP) is 1.75. The zero-order chi connectivity index (χ0) is 13.9. The van der Waals surface area contributed by atoms with Crippen LogP contribution >= 0.6 is 0 Å². The van der Waals surface area contributed by atoms with Gasteiger partial charge in [-0.25, -0.2) is 4.79 Å². The van der Waals surface area contributed by atoms with Crippen LogP contribution in [0.5, 0.6) is 0 Å². The second kappa shape index (κ2) is 10.6. The van der Waals surface area contributed by atoms with Gasteiger partial charge in [0.25, 0.3) is 0 Å². The van der Waals surface area contributed by atoms with Crippen molar-refractivity contribution in [2.24, 2.45) is 5.92 Å². The Kier molecular flexibility index (Phi) is 13.6. The molecule has 0 aliphatic heterocycles. The van der Waals surface area contributed by atoms with Gasteiger partial charge >= 0.3 is 16.4 Å². The van der Waals surface area contributed by atoms with E-state index < -0.39 is 10.4 Å². The maximum absolute atomic E-state index is 10.2. The van der Waals surface area contributed by atoms with E-state index in [0.717, 1.165) is 5.92 Å². The van der Waals surface area contributed by atoms with Crippen LogP contribution < -0.4 is 0 Å². The predicted molar refractivity (Wildman–Crippen MR) is 61.5 cm³/mol. The highest BCUT2D eigenvalue weighted by Crippen LogP contribution is 1.87. The monoisotopic (exact) mass is 256 g/mol. The topological polar surface area (TPSA) is 101 Å². The van der Waals surface area contributed by atoms with Gasteiger partial charge < -0.3 is 4.74 Å². The average Bonchev–Trinajstić information content (AvgIpc) is 1.98. The van der Waals surface area contributed by atoms with Gasteiger partial charge in [0.05, 0.1) is 7.11 Å². The van der Waals surface area contributed by atoms with Crippen molar-refractivity contribution in [1.29, 1.82) is 0 Å². The van der Waals surface area contributed by atoms with E-state index in [9.17, 15) is 4.79 Å². The summed E-state index contributed by atoms with van der Waals surface area (Å²) in [6.07, 6.45) is 0. The van der Waals surface area contributed by atoms with E-state index in [2.05, 4.69) is 32.1 Å². The van der Waals surface area contributed by atoms with E-state index in [1.54, 1.807) is 6.92 Å². The van der Waals surface area contributed by atoms with Crippen LogP contribution in [0.15, 0.2) is 12.2 Å². The summed E-state index contributed by atoms with van der Waals surface area (Å²) in [5, 5.41) is 0. The summed E-state index contributed by atoms with van der Waals surface area (Å²) in [6.45, 7) is 11.5. The first-order chi connectivity index (χ1) is 6.91. The van der Waals surface area contributed by atoms with Gasteiger partial charge in [-0.2, -0.15) is 8.42 Å². The fourth-order valence-corrected chi connectivity index (χ4v) is 0.174. The highest BCUT2D eigenvalue weighted by molar-refractivity contribution is 7.79. The van der Waals surface area contributed by atoms with E-state index >= 15 is 0 Å². The molecule has 0 aliphatic rings. The van der Waals surface area contributed by atoms with Gasteiger partial charge in [-0.05, 0) is 12.8 Å². The normalized spacial score (nSPS) is 9.25. The summed E-state index contributed by atoms with van der Waals surface area (Å²) in [5.41, 5.74) is 0.433. The molecule has 0 saturated carbocycles. The molecule has 0 amide bonds. The van der Waals surface area contributed by atoms with Crippen molar-refractivity contribution in [1.82, 2.24) is 0 Å². The smallest absolute Gasteiger partial charge is 0.394 e. The maximum atomic E-state index is 10.2. The van der Waals surface area contributed by atoms with E-state index in [4.69, 9.17) is 17.5 Å². The molecule has 0 saturated heterocycles. The van der Waals surface area contributed by atoms with Crippen molar-refractivity contribution in [3.05, 3.63) is 12.2 Å². The number of carbonyl (C=O) groups is 1. The molecule has 0 spiro atoms. The molecule has 6 nitrogen and oxygen atoms in total. The molecule has 0 aromatic carbocycles. The van der Waals surface area contributed by atoms with E-state index in [0.29, 0.717) is 5.57 Å². The quantitative estimate of drug-likeness (QED) is 0.421. The standard InChI is InChI=1S/C5H8O2.C4H10.H2O4S/c1-4(2)5(6)7-3;1-4(2)3;1-5(2,3)4/h1H2,2-3H3;4H,1-3H3;(H2,1,2,3,4). The molecule has 7 heteroatoms. The molecule has 0 bridgehead atoms. The molecule has 0 rings (SSSR count). The molecule has 0 heterocycles. The summed E-state index contributed by atoms with van der Waals surface area (Å²) in [6, 6.07) is 0. The molecular formula is C9H20O6S. The van der Waals surface area contributed by atoms with Crippen molar-refractivity contribution in [2.75, 3.05) is 7.11 Å². The summed E-state index contributed by atoms with van der Waals surface area (Å²) >= 11 is 0. The molecule has 98 valence electrons. The van der Waals surface area contributed by atoms with Gasteiger partial charge in [-0.15, -0.1) is 0 Å². The minimum Gasteiger partial charge on any atom is -0.466 e. The Hall–Kier alpha value is -0.920. The lowest BCUT2D eigenvalue weighted by Crippen LogP contribution is -1.98. The Balaban J connectivity index is -0.000000166. The van der Waals surface area contributed by atoms with Crippen molar-refractivity contribution < 1.29 is 27.1 Å². The van der Waals surface area contributed by atoms with E-state index in [-0.39, 0.29) is 5.97 Å². The van der Waals surface area contributed by atoms with Crippen LogP contribution in [0.3, 0.4) is 0 Å². The average molecular weight is 256 g/mol. The van der Waals surface area contributed by atoms with Gasteiger partial charge in [0.2, 0.25) is 0 Å². The molecule has 0 fully saturated rings. The van der Waals surface area contributed by atoms with Crippen molar-refractivity contribution >= 4 is 16.4 Å². The first-order valence-corrected chi connectivity index (χ1v) is 5.75. The zero-order valence-electron chi connectivity index (χ0n) is 10.2. The van der Waals surface area contributed by atoms with Crippen molar-refractivity contribution in [2.45, 2.75) is 27.7 Å². The van der Waals surface area contributed by atoms with Gasteiger partial charge in [-0.1, -0.05) is 27.4 Å². The third kappa shape index (κ3) is 74.0. The van der Waals surface area contributed by atoms with Gasteiger partial charge in [0, 0.05) is 5.57 Å². The number of rotatable bonds is 1. The SMILES string of the molecule is C=C(C)C(=O)OC.CC(C)C.O=S(=O)(O)O. The van der Waals surface area contributed by atoms with Gasteiger partial charge in [0.1, 0.15) is 0 Å². The molecular weight excluding hydrogens is 236 g/mol. The van der Waals surface area contributed by atoms with E-state index in [1.165, 1.54) is 7.11 Å². The molecule has 0 unspecified atom stereocenters. The molecule has 2 N–H and O–H groups in total. The third-order valence-electron chi connectivity index (χ3n) is 0.534. The van der Waals surface area contributed by atoms with Crippen LogP contribution in [-0.4, -0.2) is 30.6 Å². The van der Waals surface area contributed by atoms with E-state index in [1.807, 2.05) is 0 Å². The van der Waals surface area contributed by atoms with Crippen LogP contribution in [0, 0.1) is 5.92 Å². The van der Waals surface area contributed by atoms with Gasteiger partial charge in [0.15, 0.2) is 0 Å². The number of esters is 1. The van der Waals surface area contributed by atoms with Crippen LogP contribution in [0.4, 0.5) is 0 Å². The Labute approximate surface area is 96.9 Å². The minimum atomic E-state index is -4.67. The number of carbonyl (C=O) groups excluding carboxylic acids is 1. The van der Waals surface area contributed by atoms with Crippen LogP contribution in [0.1, 0.15) is 27.7 Å². The summed E-state index contributed by atoms with van der Waals surface area (Å²) in [4.78, 5) is 10.2. The second-order valence-corrected chi connectivity index (χ2v) is 4.35. The van der Waals surface area contributed by atoms with Crippen LogP contribution in [0.2, 0.25) is 0 Å². The molecule has 16 heavy (non-hydrogen) atoms.